The standard InChI is InChI=1S/C15H18FNO4S/c1-21-14-5-2-10(16)8-13(14)15(18)17(11-3-4-11)12-6-7-22(19,20)9-12/h2,5,8,11-12H,3-4,6-7,9H2,1H3. The van der Waals surface area contributed by atoms with Gasteiger partial charge < -0.3 is 9.64 Å². The van der Waals surface area contributed by atoms with E-state index in [0.717, 1.165) is 18.9 Å². The zero-order valence-corrected chi connectivity index (χ0v) is 13.1. The van der Waals surface area contributed by atoms with Crippen molar-refractivity contribution in [2.45, 2.75) is 31.3 Å². The summed E-state index contributed by atoms with van der Waals surface area (Å²) in [6.45, 7) is 0. The number of hydrogen-bond acceptors (Lipinski definition) is 4. The average molecular weight is 327 g/mol. The van der Waals surface area contributed by atoms with Crippen molar-refractivity contribution >= 4 is 15.7 Å². The van der Waals surface area contributed by atoms with Crippen molar-refractivity contribution in [2.24, 2.45) is 0 Å². The Labute approximate surface area is 129 Å². The predicted octanol–water partition coefficient (Wildman–Crippen LogP) is 1.63. The van der Waals surface area contributed by atoms with Crippen molar-refractivity contribution in [3.63, 3.8) is 0 Å². The Morgan fingerprint density at radius 2 is 2.00 bits per heavy atom. The summed E-state index contributed by atoms with van der Waals surface area (Å²) in [6.07, 6.45) is 2.17. The molecule has 0 spiro atoms. The summed E-state index contributed by atoms with van der Waals surface area (Å²) >= 11 is 0. The van der Waals surface area contributed by atoms with Gasteiger partial charge in [0, 0.05) is 12.1 Å². The molecule has 7 heteroatoms. The Kier molecular flexibility index (Phi) is 3.84. The molecule has 1 aliphatic heterocycles. The number of nitrogens with zero attached hydrogens (tertiary/aromatic N) is 1. The Balaban J connectivity index is 1.92. The molecule has 22 heavy (non-hydrogen) atoms. The number of halogens is 1. The van der Waals surface area contributed by atoms with E-state index >= 15 is 0 Å². The van der Waals surface area contributed by atoms with Crippen LogP contribution in [0.2, 0.25) is 0 Å². The first kappa shape index (κ1) is 15.3. The molecular formula is C15H18FNO4S. The van der Waals surface area contributed by atoms with Gasteiger partial charge in [-0.15, -0.1) is 0 Å². The number of sulfone groups is 1. The number of ether oxygens (including phenoxy) is 1. The van der Waals surface area contributed by atoms with E-state index in [9.17, 15) is 17.6 Å². The molecule has 1 saturated carbocycles. The fraction of sp³-hybridized carbons (Fsp3) is 0.533. The summed E-state index contributed by atoms with van der Waals surface area (Å²) in [5.41, 5.74) is 0.152. The molecule has 0 N–H and O–H groups in total. The van der Waals surface area contributed by atoms with Gasteiger partial charge in [0.1, 0.15) is 11.6 Å². The third kappa shape index (κ3) is 2.95. The molecule has 1 saturated heterocycles. The molecule has 1 aliphatic carbocycles. The maximum absolute atomic E-state index is 13.5. The van der Waals surface area contributed by atoms with Crippen molar-refractivity contribution in [3.8, 4) is 5.75 Å². The fourth-order valence-electron chi connectivity index (χ4n) is 2.96. The maximum Gasteiger partial charge on any atom is 0.258 e. The minimum absolute atomic E-state index is 0.00707. The number of carbonyl (C=O) groups is 1. The highest BCUT2D eigenvalue weighted by Crippen LogP contribution is 2.35. The quantitative estimate of drug-likeness (QED) is 0.843. The van der Waals surface area contributed by atoms with Crippen molar-refractivity contribution in [1.29, 1.82) is 0 Å². The van der Waals surface area contributed by atoms with E-state index in [4.69, 9.17) is 4.74 Å². The number of amides is 1. The molecule has 0 radical (unpaired) electrons. The van der Waals surface area contributed by atoms with Gasteiger partial charge in [0.05, 0.1) is 24.2 Å². The van der Waals surface area contributed by atoms with Gasteiger partial charge in [0.2, 0.25) is 0 Å². The molecule has 2 fully saturated rings. The van der Waals surface area contributed by atoms with Crippen molar-refractivity contribution in [3.05, 3.63) is 29.6 Å². The Morgan fingerprint density at radius 1 is 1.27 bits per heavy atom. The van der Waals surface area contributed by atoms with Gasteiger partial charge in [-0.2, -0.15) is 0 Å². The number of rotatable bonds is 4. The van der Waals surface area contributed by atoms with Crippen molar-refractivity contribution < 1.29 is 22.3 Å². The first-order chi connectivity index (χ1) is 10.4. The third-order valence-electron chi connectivity index (χ3n) is 4.17. The van der Waals surface area contributed by atoms with Crippen LogP contribution in [0.5, 0.6) is 5.75 Å². The Bertz CT molecular complexity index is 699. The van der Waals surface area contributed by atoms with Gasteiger partial charge in [-0.25, -0.2) is 12.8 Å². The van der Waals surface area contributed by atoms with Crippen LogP contribution in [-0.2, 0) is 9.84 Å². The molecule has 120 valence electrons. The largest absolute Gasteiger partial charge is 0.496 e. The minimum atomic E-state index is -3.08. The molecule has 1 heterocycles. The summed E-state index contributed by atoms with van der Waals surface area (Å²) in [5.74, 6) is -0.459. The van der Waals surface area contributed by atoms with Gasteiger partial charge in [-0.1, -0.05) is 0 Å². The summed E-state index contributed by atoms with van der Waals surface area (Å²) < 4.78 is 42.0. The molecule has 1 amide bonds. The van der Waals surface area contributed by atoms with Crippen LogP contribution in [0.25, 0.3) is 0 Å². The van der Waals surface area contributed by atoms with Crippen LogP contribution in [0.1, 0.15) is 29.6 Å². The zero-order chi connectivity index (χ0) is 15.9. The van der Waals surface area contributed by atoms with Crippen LogP contribution in [0.3, 0.4) is 0 Å². The van der Waals surface area contributed by atoms with Gasteiger partial charge in [0.25, 0.3) is 5.91 Å². The lowest BCUT2D eigenvalue weighted by atomic mass is 10.1. The molecule has 2 aliphatic rings. The number of hydrogen-bond donors (Lipinski definition) is 0. The van der Waals surface area contributed by atoms with E-state index in [0.29, 0.717) is 12.2 Å². The Hall–Kier alpha value is -1.63. The lowest BCUT2D eigenvalue weighted by Gasteiger charge is -2.29. The molecule has 1 atom stereocenters. The topological polar surface area (TPSA) is 63.7 Å². The molecule has 0 aromatic heterocycles. The second-order valence-corrected chi connectivity index (χ2v) is 8.07. The minimum Gasteiger partial charge on any atom is -0.496 e. The first-order valence-corrected chi connectivity index (χ1v) is 9.10. The maximum atomic E-state index is 13.5. The van der Waals surface area contributed by atoms with E-state index in [-0.39, 0.29) is 35.1 Å². The van der Waals surface area contributed by atoms with Gasteiger partial charge in [-0.05, 0) is 37.5 Å². The summed E-state index contributed by atoms with van der Waals surface area (Å²) in [5, 5.41) is 0. The van der Waals surface area contributed by atoms with Gasteiger partial charge >= 0.3 is 0 Å². The second-order valence-electron chi connectivity index (χ2n) is 5.85. The summed E-state index contributed by atoms with van der Waals surface area (Å²) in [4.78, 5) is 14.5. The number of carbonyl (C=O) groups excluding carboxylic acids is 1. The highest BCUT2D eigenvalue weighted by molar-refractivity contribution is 7.91. The monoisotopic (exact) mass is 327 g/mol. The molecule has 3 rings (SSSR count). The smallest absolute Gasteiger partial charge is 0.258 e. The number of methoxy groups -OCH3 is 1. The van der Waals surface area contributed by atoms with Crippen LogP contribution in [0.15, 0.2) is 18.2 Å². The highest BCUT2D eigenvalue weighted by Gasteiger charge is 2.43. The van der Waals surface area contributed by atoms with Crippen LogP contribution in [0, 0.1) is 5.82 Å². The summed E-state index contributed by atoms with van der Waals surface area (Å²) in [7, 11) is -1.66. The van der Waals surface area contributed by atoms with Gasteiger partial charge in [-0.3, -0.25) is 4.79 Å². The molecule has 0 bridgehead atoms. The normalized spacial score (nSPS) is 23.3. The van der Waals surface area contributed by atoms with E-state index in [2.05, 4.69) is 0 Å². The van der Waals surface area contributed by atoms with Crippen LogP contribution in [0.4, 0.5) is 4.39 Å². The second kappa shape index (κ2) is 5.53. The van der Waals surface area contributed by atoms with Crippen LogP contribution >= 0.6 is 0 Å². The van der Waals surface area contributed by atoms with E-state index in [1.54, 1.807) is 4.90 Å². The third-order valence-corrected chi connectivity index (χ3v) is 5.92. The van der Waals surface area contributed by atoms with Gasteiger partial charge in [0.15, 0.2) is 9.84 Å². The molecule has 5 nitrogen and oxygen atoms in total. The summed E-state index contributed by atoms with van der Waals surface area (Å²) in [6, 6.07) is 3.53. The fourth-order valence-corrected chi connectivity index (χ4v) is 4.68. The number of benzene rings is 1. The van der Waals surface area contributed by atoms with E-state index in [1.807, 2.05) is 0 Å². The first-order valence-electron chi connectivity index (χ1n) is 7.28. The lowest BCUT2D eigenvalue weighted by Crippen LogP contribution is -2.42. The van der Waals surface area contributed by atoms with E-state index in [1.165, 1.54) is 19.2 Å². The predicted molar refractivity (Wildman–Crippen MR) is 79.2 cm³/mol. The zero-order valence-electron chi connectivity index (χ0n) is 12.3. The average Bonchev–Trinajstić information content (AvgIpc) is 3.23. The van der Waals surface area contributed by atoms with Crippen molar-refractivity contribution in [1.82, 2.24) is 4.90 Å². The van der Waals surface area contributed by atoms with E-state index < -0.39 is 15.7 Å². The Morgan fingerprint density at radius 3 is 2.55 bits per heavy atom. The molecule has 1 aromatic carbocycles. The molecule has 1 unspecified atom stereocenters. The van der Waals surface area contributed by atoms with Crippen LogP contribution < -0.4 is 4.74 Å². The van der Waals surface area contributed by atoms with Crippen LogP contribution in [-0.4, -0.2) is 49.9 Å². The molecular weight excluding hydrogens is 309 g/mol. The lowest BCUT2D eigenvalue weighted by molar-refractivity contribution is 0.0677. The SMILES string of the molecule is COc1ccc(F)cc1C(=O)N(C1CC1)C1CCS(=O)(=O)C1. The molecule has 1 aromatic rings. The highest BCUT2D eigenvalue weighted by atomic mass is 32.2. The van der Waals surface area contributed by atoms with Crippen molar-refractivity contribution in [2.75, 3.05) is 18.6 Å².